The number of fused-ring (bicyclic) bond motifs is 6. The van der Waals surface area contributed by atoms with Crippen molar-refractivity contribution >= 4 is 72.4 Å². The van der Waals surface area contributed by atoms with E-state index in [1.165, 1.54) is 59.7 Å². The Labute approximate surface area is 301 Å². The Morgan fingerprint density at radius 1 is 0.412 bits per heavy atom. The van der Waals surface area contributed by atoms with E-state index in [-0.39, 0.29) is 0 Å². The molecule has 0 spiro atoms. The third-order valence-electron chi connectivity index (χ3n) is 11.4. The minimum absolute atomic E-state index is 0.680. The van der Waals surface area contributed by atoms with E-state index in [4.69, 9.17) is 0 Å². The summed E-state index contributed by atoms with van der Waals surface area (Å²) in [6, 6.07) is 64.6. The van der Waals surface area contributed by atoms with E-state index in [2.05, 4.69) is 185 Å². The van der Waals surface area contributed by atoms with Crippen LogP contribution in [0.2, 0.25) is 0 Å². The molecule has 2 heterocycles. The summed E-state index contributed by atoms with van der Waals surface area (Å²) in [7, 11) is -2.75. The van der Waals surface area contributed by atoms with Crippen LogP contribution in [0.1, 0.15) is 39.5 Å². The van der Waals surface area contributed by atoms with Crippen molar-refractivity contribution in [1.82, 2.24) is 9.13 Å². The largest absolute Gasteiger partial charge is 0.337 e. The summed E-state index contributed by atoms with van der Waals surface area (Å²) in [6.45, 7) is 0. The zero-order chi connectivity index (χ0) is 34.7. The molecule has 0 unspecified atom stereocenters. The normalized spacial score (nSPS) is 15.1. The van der Waals surface area contributed by atoms with Crippen molar-refractivity contribution in [3.8, 4) is 5.69 Å². The number of para-hydroxylation sites is 2. The van der Waals surface area contributed by atoms with E-state index < -0.39 is 14.1 Å². The van der Waals surface area contributed by atoms with Gasteiger partial charge in [-0.1, -0.05) is 159 Å². The number of nitrogens with zero attached hydrogens (tertiary/aromatic N) is 2. The molecule has 51 heavy (non-hydrogen) atoms. The van der Waals surface area contributed by atoms with Crippen LogP contribution in [-0.4, -0.2) is 17.2 Å². The predicted octanol–water partition coefficient (Wildman–Crippen LogP) is 9.77. The zero-order valence-corrected chi connectivity index (χ0v) is 29.7. The molecule has 10 rings (SSSR count). The van der Waals surface area contributed by atoms with Crippen LogP contribution in [0.25, 0.3) is 49.3 Å². The summed E-state index contributed by atoms with van der Waals surface area (Å²) in [5, 5.41) is 10.4. The molecule has 0 amide bonds. The molecule has 0 bridgehead atoms. The van der Waals surface area contributed by atoms with Gasteiger partial charge in [-0.3, -0.25) is 0 Å². The zero-order valence-electron chi connectivity index (χ0n) is 29.7. The molecule has 2 nitrogen and oxygen atoms in total. The summed E-state index contributed by atoms with van der Waals surface area (Å²) in [5.41, 5.74) is 5.88. The van der Waals surface area contributed by atoms with Gasteiger partial charge < -0.3 is 9.13 Å². The molecular weight excluding hydrogens is 633 g/mol. The first-order chi connectivity index (χ1) is 25.7. The van der Waals surface area contributed by atoms with Crippen LogP contribution in [0.15, 0.2) is 176 Å². The van der Waals surface area contributed by atoms with Crippen molar-refractivity contribution in [3.05, 3.63) is 176 Å². The van der Waals surface area contributed by atoms with Crippen molar-refractivity contribution < 1.29 is 1.37 Å². The van der Waals surface area contributed by atoms with Gasteiger partial charge in [-0.25, -0.2) is 0 Å². The lowest BCUT2D eigenvalue weighted by atomic mass is 9.95. The second-order valence-electron chi connectivity index (χ2n) is 14.1. The summed E-state index contributed by atoms with van der Waals surface area (Å²) in [4.78, 5) is 0. The van der Waals surface area contributed by atoms with Crippen LogP contribution in [0, 0.1) is 0 Å². The van der Waals surface area contributed by atoms with Crippen molar-refractivity contribution in [1.29, 1.82) is 0 Å². The smallest absolute Gasteiger partial charge is 0.179 e. The fourth-order valence-corrected chi connectivity index (χ4v) is 13.9. The number of hydrogen-bond acceptors (Lipinski definition) is 0. The fraction of sp³-hybridized carbons (Fsp3) is 0.125. The SMILES string of the molecule is [2H]C1(n2c3ccc(-n4c5ccccc5c5ccccc54)cc3c3cc([Si](c4ccccc4)(c4ccccc4)c4ccccc4)ccc32)CCCCC1. The number of rotatable bonds is 6. The van der Waals surface area contributed by atoms with Gasteiger partial charge in [-0.2, -0.15) is 0 Å². The van der Waals surface area contributed by atoms with Gasteiger partial charge >= 0.3 is 0 Å². The van der Waals surface area contributed by atoms with Crippen LogP contribution >= 0.6 is 0 Å². The summed E-state index contributed by atoms with van der Waals surface area (Å²) >= 11 is 0. The van der Waals surface area contributed by atoms with Crippen LogP contribution in [0.4, 0.5) is 0 Å². The van der Waals surface area contributed by atoms with Crippen molar-refractivity contribution in [2.24, 2.45) is 0 Å². The fourth-order valence-electron chi connectivity index (χ4n) is 9.17. The molecule has 246 valence electrons. The molecule has 0 radical (unpaired) electrons. The van der Waals surface area contributed by atoms with Gasteiger partial charge in [-0.15, -0.1) is 0 Å². The third kappa shape index (κ3) is 4.68. The van der Waals surface area contributed by atoms with Gasteiger partial charge in [0.1, 0.15) is 0 Å². The van der Waals surface area contributed by atoms with E-state index in [1.54, 1.807) is 0 Å². The predicted molar refractivity (Wildman–Crippen MR) is 220 cm³/mol. The van der Waals surface area contributed by atoms with Crippen LogP contribution in [-0.2, 0) is 0 Å². The molecular formula is C48H40N2Si. The molecule has 1 aliphatic rings. The van der Waals surface area contributed by atoms with E-state index in [0.29, 0.717) is 0 Å². The monoisotopic (exact) mass is 673 g/mol. The van der Waals surface area contributed by atoms with E-state index in [9.17, 15) is 1.37 Å². The topological polar surface area (TPSA) is 9.86 Å². The maximum Gasteiger partial charge on any atom is 0.179 e. The van der Waals surface area contributed by atoms with Crippen LogP contribution < -0.4 is 20.7 Å². The molecule has 0 atom stereocenters. The van der Waals surface area contributed by atoms with Crippen molar-refractivity contribution in [3.63, 3.8) is 0 Å². The van der Waals surface area contributed by atoms with Gasteiger partial charge in [-0.05, 0) is 70.0 Å². The maximum absolute atomic E-state index is 10.00. The molecule has 3 heteroatoms. The lowest BCUT2D eigenvalue weighted by Gasteiger charge is -2.34. The highest BCUT2D eigenvalue weighted by Crippen LogP contribution is 2.40. The van der Waals surface area contributed by atoms with Gasteiger partial charge in [0.15, 0.2) is 8.07 Å². The van der Waals surface area contributed by atoms with E-state index in [1.807, 2.05) is 0 Å². The molecule has 0 aliphatic heterocycles. The first-order valence-electron chi connectivity index (χ1n) is 18.9. The van der Waals surface area contributed by atoms with Crippen LogP contribution in [0.3, 0.4) is 0 Å². The molecule has 2 aromatic heterocycles. The second kappa shape index (κ2) is 12.3. The molecule has 7 aromatic carbocycles. The first kappa shape index (κ1) is 29.1. The van der Waals surface area contributed by atoms with Gasteiger partial charge in [0.2, 0.25) is 0 Å². The number of benzene rings is 7. The average Bonchev–Trinajstić information content (AvgIpc) is 3.73. The molecule has 1 aliphatic carbocycles. The highest BCUT2D eigenvalue weighted by Gasteiger charge is 2.41. The number of aromatic nitrogens is 2. The summed E-state index contributed by atoms with van der Waals surface area (Å²) < 4.78 is 14.8. The Balaban J connectivity index is 1.31. The quantitative estimate of drug-likeness (QED) is 0.123. The summed E-state index contributed by atoms with van der Waals surface area (Å²) in [6.07, 6.45) is 5.14. The van der Waals surface area contributed by atoms with Gasteiger partial charge in [0, 0.05) is 44.3 Å². The third-order valence-corrected chi connectivity index (χ3v) is 16.2. The Morgan fingerprint density at radius 2 is 0.882 bits per heavy atom. The van der Waals surface area contributed by atoms with E-state index >= 15 is 0 Å². The van der Waals surface area contributed by atoms with Crippen LogP contribution in [0.5, 0.6) is 0 Å². The Kier molecular flexibility index (Phi) is 7.02. The minimum atomic E-state index is -2.75. The Hall–Kier alpha value is -5.64. The molecule has 0 N–H and O–H groups in total. The lowest BCUT2D eigenvalue weighted by Crippen LogP contribution is -2.74. The average molecular weight is 674 g/mol. The lowest BCUT2D eigenvalue weighted by molar-refractivity contribution is 0.367. The Bertz CT molecular complexity index is 2570. The first-order valence-corrected chi connectivity index (χ1v) is 20.4. The summed E-state index contributed by atoms with van der Waals surface area (Å²) in [5.74, 6) is 0. The maximum atomic E-state index is 10.00. The highest BCUT2D eigenvalue weighted by atomic mass is 28.3. The number of hydrogen-bond donors (Lipinski definition) is 0. The molecule has 9 aromatic rings. The van der Waals surface area contributed by atoms with Crippen molar-refractivity contribution in [2.75, 3.05) is 0 Å². The van der Waals surface area contributed by atoms with E-state index in [0.717, 1.165) is 42.4 Å². The van der Waals surface area contributed by atoms with Crippen molar-refractivity contribution in [2.45, 2.75) is 38.1 Å². The highest BCUT2D eigenvalue weighted by molar-refractivity contribution is 7.20. The molecule has 1 saturated carbocycles. The Morgan fingerprint density at radius 3 is 1.43 bits per heavy atom. The molecule has 1 fully saturated rings. The second-order valence-corrected chi connectivity index (χ2v) is 17.9. The van der Waals surface area contributed by atoms with Gasteiger partial charge in [0.05, 0.1) is 12.4 Å². The standard InChI is InChI=1S/C48H40N2Si/c1-5-17-35(18-6-1)49-47-31-29-36(50-45-27-15-13-25-41(45)42-26-14-16-28-46(42)50)33-43(47)44-34-40(30-32-48(44)49)51(37-19-7-2-8-20-37,38-21-9-3-10-22-38)39-23-11-4-12-24-39/h2-4,7-16,19-35H,1,5-6,17-18H2/i35D. The molecule has 0 saturated heterocycles. The minimum Gasteiger partial charge on any atom is -0.337 e. The van der Waals surface area contributed by atoms with Gasteiger partial charge in [0.25, 0.3) is 0 Å².